The van der Waals surface area contributed by atoms with E-state index in [0.29, 0.717) is 5.01 Å². The van der Waals surface area contributed by atoms with Gasteiger partial charge >= 0.3 is 0 Å². The smallest absolute Gasteiger partial charge is 0.199 e. The molecule has 1 aromatic heterocycles. The van der Waals surface area contributed by atoms with Gasteiger partial charge in [0.15, 0.2) is 10.8 Å². The zero-order valence-electron chi connectivity index (χ0n) is 6.11. The van der Waals surface area contributed by atoms with Crippen molar-refractivity contribution in [1.29, 1.82) is 0 Å². The van der Waals surface area contributed by atoms with Crippen LogP contribution < -0.4 is 5.73 Å². The maximum absolute atomic E-state index is 8.30. The molecule has 0 fully saturated rings. The van der Waals surface area contributed by atoms with Crippen LogP contribution in [0.1, 0.15) is 17.6 Å². The van der Waals surface area contributed by atoms with Gasteiger partial charge in [-0.2, -0.15) is 0 Å². The fraction of sp³-hybridized carbons (Fsp3) is 0.333. The number of oxime groups is 1. The van der Waals surface area contributed by atoms with Crippen LogP contribution >= 0.6 is 11.3 Å². The molecule has 0 bridgehead atoms. The third-order valence-corrected chi connectivity index (χ3v) is 2.15. The standard InChI is InChI=1S/C6H9N3OS/c1-2-4-3-11-6(8-4)5(7)9-10/h3,10H,2H2,1H3,(H2,7,9). The number of aromatic nitrogens is 1. The van der Waals surface area contributed by atoms with Crippen LogP contribution in [0.4, 0.5) is 0 Å². The van der Waals surface area contributed by atoms with Gasteiger partial charge in [-0.15, -0.1) is 11.3 Å². The SMILES string of the molecule is CCc1csc(/C(N)=N/O)n1. The van der Waals surface area contributed by atoms with Crippen LogP contribution in [0.15, 0.2) is 10.5 Å². The maximum Gasteiger partial charge on any atom is 0.199 e. The van der Waals surface area contributed by atoms with Crippen molar-refractivity contribution < 1.29 is 5.21 Å². The zero-order chi connectivity index (χ0) is 8.27. The normalized spacial score (nSPS) is 11.9. The van der Waals surface area contributed by atoms with Crippen molar-refractivity contribution >= 4 is 17.2 Å². The van der Waals surface area contributed by atoms with Gasteiger partial charge in [0.05, 0.1) is 5.69 Å². The number of nitrogens with two attached hydrogens (primary N) is 1. The van der Waals surface area contributed by atoms with Crippen molar-refractivity contribution in [2.45, 2.75) is 13.3 Å². The van der Waals surface area contributed by atoms with Gasteiger partial charge in [-0.3, -0.25) is 0 Å². The Balaban J connectivity index is 2.89. The minimum Gasteiger partial charge on any atom is -0.409 e. The molecule has 1 rings (SSSR count). The summed E-state index contributed by atoms with van der Waals surface area (Å²) in [4.78, 5) is 4.10. The molecule has 0 unspecified atom stereocenters. The molecule has 4 nitrogen and oxygen atoms in total. The highest BCUT2D eigenvalue weighted by Gasteiger charge is 2.03. The molecule has 0 amide bonds. The molecule has 0 saturated carbocycles. The molecule has 0 atom stereocenters. The third-order valence-electron chi connectivity index (χ3n) is 1.24. The van der Waals surface area contributed by atoms with Gasteiger partial charge in [0, 0.05) is 5.38 Å². The van der Waals surface area contributed by atoms with Crippen LogP contribution in [0.5, 0.6) is 0 Å². The lowest BCUT2D eigenvalue weighted by Gasteiger charge is -1.88. The molecule has 0 aromatic carbocycles. The molecule has 0 aliphatic carbocycles. The second-order valence-electron chi connectivity index (χ2n) is 1.98. The molecule has 5 heteroatoms. The predicted molar refractivity (Wildman–Crippen MR) is 44.0 cm³/mol. The van der Waals surface area contributed by atoms with Gasteiger partial charge in [0.1, 0.15) is 0 Å². The van der Waals surface area contributed by atoms with E-state index in [1.807, 2.05) is 12.3 Å². The fourth-order valence-electron chi connectivity index (χ4n) is 0.630. The van der Waals surface area contributed by atoms with E-state index >= 15 is 0 Å². The van der Waals surface area contributed by atoms with Crippen molar-refractivity contribution in [3.63, 3.8) is 0 Å². The van der Waals surface area contributed by atoms with Gasteiger partial charge in [-0.05, 0) is 6.42 Å². The minimum atomic E-state index is 0.0784. The highest BCUT2D eigenvalue weighted by molar-refractivity contribution is 7.11. The van der Waals surface area contributed by atoms with Crippen molar-refractivity contribution in [3.8, 4) is 0 Å². The first-order chi connectivity index (χ1) is 5.27. The van der Waals surface area contributed by atoms with E-state index in [-0.39, 0.29) is 5.84 Å². The number of hydrogen-bond donors (Lipinski definition) is 2. The number of amidine groups is 1. The molecule has 0 aliphatic rings. The van der Waals surface area contributed by atoms with E-state index < -0.39 is 0 Å². The summed E-state index contributed by atoms with van der Waals surface area (Å²) in [6.07, 6.45) is 0.870. The van der Waals surface area contributed by atoms with Crippen LogP contribution in [-0.4, -0.2) is 16.0 Å². The van der Waals surface area contributed by atoms with Gasteiger partial charge in [-0.25, -0.2) is 4.98 Å². The third kappa shape index (κ3) is 1.68. The number of hydrogen-bond acceptors (Lipinski definition) is 4. The van der Waals surface area contributed by atoms with Crippen LogP contribution in [0, 0.1) is 0 Å². The van der Waals surface area contributed by atoms with E-state index in [1.165, 1.54) is 11.3 Å². The quantitative estimate of drug-likeness (QED) is 0.299. The van der Waals surface area contributed by atoms with Crippen LogP contribution in [-0.2, 0) is 6.42 Å². The van der Waals surface area contributed by atoms with E-state index in [9.17, 15) is 0 Å². The van der Waals surface area contributed by atoms with Crippen molar-refractivity contribution in [3.05, 3.63) is 16.1 Å². The lowest BCUT2D eigenvalue weighted by molar-refractivity contribution is 0.318. The summed E-state index contributed by atoms with van der Waals surface area (Å²) in [5, 5.41) is 13.6. The number of thiazole rings is 1. The van der Waals surface area contributed by atoms with E-state index in [2.05, 4.69) is 10.1 Å². The summed E-state index contributed by atoms with van der Waals surface area (Å²) in [6, 6.07) is 0. The first-order valence-corrected chi connectivity index (χ1v) is 4.08. The summed E-state index contributed by atoms with van der Waals surface area (Å²) in [6.45, 7) is 2.01. The molecule has 0 aliphatic heterocycles. The molecule has 11 heavy (non-hydrogen) atoms. The lowest BCUT2D eigenvalue weighted by atomic mass is 10.4. The number of nitrogens with zero attached hydrogens (tertiary/aromatic N) is 2. The minimum absolute atomic E-state index is 0.0784. The molecule has 1 aromatic rings. The largest absolute Gasteiger partial charge is 0.409 e. The summed E-state index contributed by atoms with van der Waals surface area (Å²) >= 11 is 1.38. The van der Waals surface area contributed by atoms with E-state index in [1.54, 1.807) is 0 Å². The molecule has 0 radical (unpaired) electrons. The summed E-state index contributed by atoms with van der Waals surface area (Å²) < 4.78 is 0. The van der Waals surface area contributed by atoms with Crippen LogP contribution in [0.2, 0.25) is 0 Å². The van der Waals surface area contributed by atoms with Crippen molar-refractivity contribution in [1.82, 2.24) is 4.98 Å². The fourth-order valence-corrected chi connectivity index (χ4v) is 1.43. The van der Waals surface area contributed by atoms with Crippen molar-refractivity contribution in [2.75, 3.05) is 0 Å². The predicted octanol–water partition coefficient (Wildman–Crippen LogP) is 0.800. The highest BCUT2D eigenvalue weighted by atomic mass is 32.1. The Kier molecular flexibility index (Phi) is 2.43. The highest BCUT2D eigenvalue weighted by Crippen LogP contribution is 2.09. The van der Waals surface area contributed by atoms with Crippen LogP contribution in [0.3, 0.4) is 0 Å². The Labute approximate surface area is 68.4 Å². The molecular weight excluding hydrogens is 162 g/mol. The number of rotatable bonds is 2. The van der Waals surface area contributed by atoms with Crippen LogP contribution in [0.25, 0.3) is 0 Å². The molecule has 0 saturated heterocycles. The number of aryl methyl sites for hydroxylation is 1. The zero-order valence-corrected chi connectivity index (χ0v) is 6.93. The second kappa shape index (κ2) is 3.34. The first-order valence-electron chi connectivity index (χ1n) is 3.20. The monoisotopic (exact) mass is 171 g/mol. The Morgan fingerprint density at radius 1 is 1.91 bits per heavy atom. The maximum atomic E-state index is 8.30. The van der Waals surface area contributed by atoms with Gasteiger partial charge in [-0.1, -0.05) is 12.1 Å². The second-order valence-corrected chi connectivity index (χ2v) is 2.84. The van der Waals surface area contributed by atoms with E-state index in [0.717, 1.165) is 12.1 Å². The summed E-state index contributed by atoms with van der Waals surface area (Å²) in [5.41, 5.74) is 6.28. The Morgan fingerprint density at radius 2 is 2.64 bits per heavy atom. The Bertz CT molecular complexity index is 269. The van der Waals surface area contributed by atoms with Crippen molar-refractivity contribution in [2.24, 2.45) is 10.9 Å². The lowest BCUT2D eigenvalue weighted by Crippen LogP contribution is -2.12. The average Bonchev–Trinajstić information content (AvgIpc) is 2.50. The van der Waals surface area contributed by atoms with Gasteiger partial charge < -0.3 is 10.9 Å². The summed E-state index contributed by atoms with van der Waals surface area (Å²) in [7, 11) is 0. The first kappa shape index (κ1) is 8.00. The molecule has 1 heterocycles. The van der Waals surface area contributed by atoms with Gasteiger partial charge in [0.2, 0.25) is 0 Å². The molecule has 3 N–H and O–H groups in total. The molecule has 60 valence electrons. The molecule has 0 spiro atoms. The topological polar surface area (TPSA) is 71.5 Å². The van der Waals surface area contributed by atoms with E-state index in [4.69, 9.17) is 10.9 Å². The summed E-state index contributed by atoms with van der Waals surface area (Å²) in [5.74, 6) is 0.0784. The van der Waals surface area contributed by atoms with Gasteiger partial charge in [0.25, 0.3) is 0 Å². The Morgan fingerprint density at radius 3 is 3.09 bits per heavy atom. The Hall–Kier alpha value is -1.10. The average molecular weight is 171 g/mol. The molecular formula is C6H9N3OS.